The molecule has 0 spiro atoms. The lowest BCUT2D eigenvalue weighted by atomic mass is 9.85. The quantitative estimate of drug-likeness (QED) is 0.0915. The Morgan fingerprint density at radius 2 is 0.958 bits per heavy atom. The van der Waals surface area contributed by atoms with Crippen molar-refractivity contribution in [2.75, 3.05) is 52.5 Å². The zero-order valence-electron chi connectivity index (χ0n) is 31.1. The average Bonchev–Trinajstić information content (AvgIpc) is 3.79. The van der Waals surface area contributed by atoms with E-state index in [0.717, 1.165) is 25.9 Å². The van der Waals surface area contributed by atoms with E-state index in [-0.39, 0.29) is 0 Å². The number of hydrogen-bond donors (Lipinski definition) is 4. The van der Waals surface area contributed by atoms with Gasteiger partial charge in [0.25, 0.3) is 0 Å². The van der Waals surface area contributed by atoms with Crippen LogP contribution in [0.1, 0.15) is 119 Å². The summed E-state index contributed by atoms with van der Waals surface area (Å²) in [5.74, 6) is -1.59. The van der Waals surface area contributed by atoms with Gasteiger partial charge in [-0.1, -0.05) is 40.5 Å². The lowest BCUT2D eigenvalue weighted by Gasteiger charge is -2.37. The summed E-state index contributed by atoms with van der Waals surface area (Å²) in [5, 5.41) is 41.8. The first-order valence-corrected chi connectivity index (χ1v) is 19.5. The van der Waals surface area contributed by atoms with Gasteiger partial charge in [-0.2, -0.15) is 0 Å². The second-order valence-electron chi connectivity index (χ2n) is 16.9. The van der Waals surface area contributed by atoms with Gasteiger partial charge in [-0.3, -0.25) is 0 Å². The summed E-state index contributed by atoms with van der Waals surface area (Å²) in [7, 11) is 0. The van der Waals surface area contributed by atoms with Gasteiger partial charge < -0.3 is 38.9 Å². The molecule has 4 saturated heterocycles. The maximum absolute atomic E-state index is 12.8. The SMILES string of the molecule is CC(C)C(O)(C(=O)OCC1CC[N+]2(CCCCCCCC[N+]34CCCC3C(COC(=O)C(O)(C(C)C)C(C)O)CC4)CCCC12)C(C)O. The van der Waals surface area contributed by atoms with Gasteiger partial charge in [0, 0.05) is 38.5 Å². The predicted molar refractivity (Wildman–Crippen MR) is 185 cm³/mol. The first-order valence-electron chi connectivity index (χ1n) is 19.5. The Bertz CT molecular complexity index is 967. The summed E-state index contributed by atoms with van der Waals surface area (Å²) in [6.45, 7) is 17.7. The van der Waals surface area contributed by atoms with Gasteiger partial charge in [-0.05, 0) is 51.4 Å². The van der Waals surface area contributed by atoms with E-state index in [9.17, 15) is 30.0 Å². The number of esters is 2. The number of carbonyl (C=O) groups is 2. The minimum atomic E-state index is -1.86. The zero-order valence-corrected chi connectivity index (χ0v) is 31.1. The molecule has 4 heterocycles. The Balaban J connectivity index is 1.13. The zero-order chi connectivity index (χ0) is 35.3. The van der Waals surface area contributed by atoms with E-state index in [2.05, 4.69) is 0 Å². The van der Waals surface area contributed by atoms with E-state index in [0.29, 0.717) is 37.1 Å². The van der Waals surface area contributed by atoms with Gasteiger partial charge in [0.15, 0.2) is 11.2 Å². The summed E-state index contributed by atoms with van der Waals surface area (Å²) in [6, 6.07) is 1.07. The largest absolute Gasteiger partial charge is 0.463 e. The number of rotatable bonds is 19. The van der Waals surface area contributed by atoms with Crippen LogP contribution in [0, 0.1) is 23.7 Å². The van der Waals surface area contributed by atoms with Crippen LogP contribution in [0.5, 0.6) is 0 Å². The van der Waals surface area contributed by atoms with Crippen molar-refractivity contribution < 1.29 is 48.5 Å². The third-order valence-electron chi connectivity index (χ3n) is 13.6. The van der Waals surface area contributed by atoms with Crippen LogP contribution in [-0.2, 0) is 19.1 Å². The third-order valence-corrected chi connectivity index (χ3v) is 13.6. The molecule has 0 aromatic rings. The van der Waals surface area contributed by atoms with E-state index in [1.165, 1.54) is 113 Å². The molecule has 10 nitrogen and oxygen atoms in total. The number of nitrogens with zero attached hydrogens (tertiary/aromatic N) is 2. The van der Waals surface area contributed by atoms with Crippen molar-refractivity contribution in [3.63, 3.8) is 0 Å². The molecule has 10 unspecified atom stereocenters. The van der Waals surface area contributed by atoms with E-state index in [1.807, 2.05) is 0 Å². The summed E-state index contributed by atoms with van der Waals surface area (Å²) < 4.78 is 13.7. The van der Waals surface area contributed by atoms with Gasteiger partial charge in [0.1, 0.15) is 13.2 Å². The van der Waals surface area contributed by atoms with Crippen LogP contribution >= 0.6 is 0 Å². The van der Waals surface area contributed by atoms with Crippen molar-refractivity contribution in [2.24, 2.45) is 23.7 Å². The highest BCUT2D eigenvalue weighted by Crippen LogP contribution is 2.42. The number of aliphatic hydroxyl groups excluding tert-OH is 2. The van der Waals surface area contributed by atoms with Crippen molar-refractivity contribution >= 4 is 11.9 Å². The molecule has 0 aliphatic carbocycles. The van der Waals surface area contributed by atoms with Crippen LogP contribution in [0.3, 0.4) is 0 Å². The number of carbonyl (C=O) groups excluding carboxylic acids is 2. The number of hydrogen-bond acceptors (Lipinski definition) is 8. The molecule has 4 aliphatic heterocycles. The molecule has 278 valence electrons. The highest BCUT2D eigenvalue weighted by Gasteiger charge is 2.54. The second kappa shape index (κ2) is 16.4. The Labute approximate surface area is 290 Å². The van der Waals surface area contributed by atoms with Gasteiger partial charge in [-0.25, -0.2) is 9.59 Å². The molecule has 0 radical (unpaired) electrons. The molecule has 0 aromatic heterocycles. The van der Waals surface area contributed by atoms with Crippen LogP contribution in [-0.4, -0.2) is 129 Å². The number of quaternary nitrogens is 2. The topological polar surface area (TPSA) is 134 Å². The van der Waals surface area contributed by atoms with E-state index in [1.54, 1.807) is 27.7 Å². The summed E-state index contributed by atoms with van der Waals surface area (Å²) in [5.41, 5.74) is -3.73. The molecule has 10 atom stereocenters. The Morgan fingerprint density at radius 1 is 0.604 bits per heavy atom. The molecule has 0 bridgehead atoms. The predicted octanol–water partition coefficient (Wildman–Crippen LogP) is 3.95. The second-order valence-corrected chi connectivity index (χ2v) is 16.9. The maximum Gasteiger partial charge on any atom is 0.341 e. The van der Waals surface area contributed by atoms with Crippen LogP contribution in [0.15, 0.2) is 0 Å². The Kier molecular flexibility index (Phi) is 13.5. The highest BCUT2D eigenvalue weighted by atomic mass is 16.6. The molecule has 4 fully saturated rings. The van der Waals surface area contributed by atoms with Crippen molar-refractivity contribution in [2.45, 2.75) is 154 Å². The maximum atomic E-state index is 12.8. The van der Waals surface area contributed by atoms with Crippen LogP contribution < -0.4 is 0 Å². The van der Waals surface area contributed by atoms with E-state index < -0.39 is 47.2 Å². The summed E-state index contributed by atoms with van der Waals surface area (Å²) >= 11 is 0. The first-order chi connectivity index (χ1) is 22.6. The molecular formula is C38H70N2O8+2. The minimum Gasteiger partial charge on any atom is -0.463 e. The van der Waals surface area contributed by atoms with Crippen LogP contribution in [0.2, 0.25) is 0 Å². The fourth-order valence-electron chi connectivity index (χ4n) is 10.4. The van der Waals surface area contributed by atoms with Crippen LogP contribution in [0.4, 0.5) is 0 Å². The van der Waals surface area contributed by atoms with Crippen molar-refractivity contribution in [3.8, 4) is 0 Å². The fourth-order valence-corrected chi connectivity index (χ4v) is 10.4. The number of fused-ring (bicyclic) bond motifs is 2. The first kappa shape index (κ1) is 39.5. The van der Waals surface area contributed by atoms with Gasteiger partial charge in [-0.15, -0.1) is 0 Å². The standard InChI is InChI=1S/C38H70N2O8/c1-27(2)37(45,29(5)41)35(43)47-25-31-17-23-39(21-13-15-33(31)39)19-11-9-7-8-10-12-20-40-22-14-16-34(40)32(18-24-40)26-48-36(44)38(46,28(3)4)30(6)42/h27-34,41-42,45-46H,7-26H2,1-6H3/q+2. The van der Waals surface area contributed by atoms with Gasteiger partial charge in [0.2, 0.25) is 0 Å². The minimum absolute atomic E-state index is 0.327. The molecule has 0 amide bonds. The van der Waals surface area contributed by atoms with E-state index >= 15 is 0 Å². The average molecular weight is 683 g/mol. The Morgan fingerprint density at radius 3 is 1.29 bits per heavy atom. The molecule has 4 rings (SSSR count). The highest BCUT2D eigenvalue weighted by molar-refractivity contribution is 5.81. The molecule has 10 heteroatoms. The van der Waals surface area contributed by atoms with Gasteiger partial charge >= 0.3 is 11.9 Å². The monoisotopic (exact) mass is 683 g/mol. The lowest BCUT2D eigenvalue weighted by molar-refractivity contribution is -0.929. The van der Waals surface area contributed by atoms with Crippen molar-refractivity contribution in [1.82, 2.24) is 0 Å². The Hall–Kier alpha value is -1.30. The lowest BCUT2D eigenvalue weighted by Crippen LogP contribution is -2.54. The summed E-state index contributed by atoms with van der Waals surface area (Å²) in [6.07, 6.45) is 12.1. The fraction of sp³-hybridized carbons (Fsp3) is 0.947. The molecule has 4 aliphatic rings. The molecule has 4 N–H and O–H groups in total. The third kappa shape index (κ3) is 7.94. The molecule has 48 heavy (non-hydrogen) atoms. The summed E-state index contributed by atoms with van der Waals surface area (Å²) in [4.78, 5) is 25.6. The number of aliphatic hydroxyl groups is 4. The molecule has 0 aromatic carbocycles. The van der Waals surface area contributed by atoms with E-state index in [4.69, 9.17) is 9.47 Å². The van der Waals surface area contributed by atoms with Crippen LogP contribution in [0.25, 0.3) is 0 Å². The van der Waals surface area contributed by atoms with Gasteiger partial charge in [0.05, 0.1) is 75.4 Å². The molecular weight excluding hydrogens is 612 g/mol. The van der Waals surface area contributed by atoms with Crippen molar-refractivity contribution in [1.29, 1.82) is 0 Å². The number of unbranched alkanes of at least 4 members (excludes halogenated alkanes) is 5. The normalized spacial score (nSPS) is 33.7. The number of ether oxygens (including phenoxy) is 2. The smallest absolute Gasteiger partial charge is 0.341 e. The molecule has 0 saturated carbocycles. The van der Waals surface area contributed by atoms with Crippen molar-refractivity contribution in [3.05, 3.63) is 0 Å².